The summed E-state index contributed by atoms with van der Waals surface area (Å²) in [5.41, 5.74) is 6.72. The van der Waals surface area contributed by atoms with Crippen LogP contribution in [0.25, 0.3) is 0 Å². The largest absolute Gasteiger partial charge is 0.350 e. The fourth-order valence-electron chi connectivity index (χ4n) is 1.33. The molecular formula is C13H18N2O. The molecule has 0 heterocycles. The highest BCUT2D eigenvalue weighted by atomic mass is 16.2. The highest BCUT2D eigenvalue weighted by Gasteiger charge is 2.29. The van der Waals surface area contributed by atoms with Crippen LogP contribution in [0.3, 0.4) is 0 Å². The Morgan fingerprint density at radius 2 is 2.00 bits per heavy atom. The Kier molecular flexibility index (Phi) is 3.85. The summed E-state index contributed by atoms with van der Waals surface area (Å²) in [4.78, 5) is 11.9. The van der Waals surface area contributed by atoms with Crippen molar-refractivity contribution in [1.29, 1.82) is 0 Å². The van der Waals surface area contributed by atoms with Crippen LogP contribution in [0.2, 0.25) is 0 Å². The maximum absolute atomic E-state index is 11.9. The smallest absolute Gasteiger partial charge is 0.244 e. The van der Waals surface area contributed by atoms with Crippen molar-refractivity contribution in [2.45, 2.75) is 19.4 Å². The lowest BCUT2D eigenvalue weighted by Gasteiger charge is -2.24. The normalized spacial score (nSPS) is 13.9. The van der Waals surface area contributed by atoms with Gasteiger partial charge in [0.05, 0.1) is 0 Å². The van der Waals surface area contributed by atoms with E-state index in [0.717, 1.165) is 11.1 Å². The average Bonchev–Trinajstić information content (AvgIpc) is 2.27. The van der Waals surface area contributed by atoms with Crippen LogP contribution in [-0.2, 0) is 10.3 Å². The Balaban J connectivity index is 2.78. The van der Waals surface area contributed by atoms with Gasteiger partial charge in [0.15, 0.2) is 0 Å². The van der Waals surface area contributed by atoms with Crippen LogP contribution < -0.4 is 11.1 Å². The molecule has 0 spiro atoms. The molecule has 3 heteroatoms. The number of hydrogen-bond donors (Lipinski definition) is 2. The van der Waals surface area contributed by atoms with Crippen molar-refractivity contribution in [3.8, 4) is 0 Å². The summed E-state index contributed by atoms with van der Waals surface area (Å²) in [5.74, 6) is -0.193. The van der Waals surface area contributed by atoms with Gasteiger partial charge in [-0.25, -0.2) is 0 Å². The number of benzene rings is 1. The Labute approximate surface area is 96.3 Å². The molecule has 0 aliphatic carbocycles. The van der Waals surface area contributed by atoms with Crippen LogP contribution in [0, 0.1) is 0 Å². The van der Waals surface area contributed by atoms with E-state index in [-0.39, 0.29) is 5.91 Å². The van der Waals surface area contributed by atoms with Crippen molar-refractivity contribution < 1.29 is 4.79 Å². The van der Waals surface area contributed by atoms with Crippen molar-refractivity contribution in [3.63, 3.8) is 0 Å². The summed E-state index contributed by atoms with van der Waals surface area (Å²) in [6.07, 6.45) is 0. The molecule has 86 valence electrons. The molecule has 3 N–H and O–H groups in total. The van der Waals surface area contributed by atoms with E-state index in [4.69, 9.17) is 5.73 Å². The van der Waals surface area contributed by atoms with Crippen molar-refractivity contribution in [1.82, 2.24) is 5.32 Å². The summed E-state index contributed by atoms with van der Waals surface area (Å²) < 4.78 is 0. The first-order valence-corrected chi connectivity index (χ1v) is 5.21. The van der Waals surface area contributed by atoms with E-state index in [1.54, 1.807) is 6.92 Å². The van der Waals surface area contributed by atoms with Crippen LogP contribution in [0.15, 0.2) is 42.5 Å². The molecule has 1 rings (SSSR count). The Morgan fingerprint density at radius 1 is 1.44 bits per heavy atom. The van der Waals surface area contributed by atoms with Gasteiger partial charge in [-0.1, -0.05) is 42.5 Å². The molecule has 16 heavy (non-hydrogen) atoms. The lowest BCUT2D eigenvalue weighted by molar-refractivity contribution is -0.125. The molecule has 1 amide bonds. The number of carbonyl (C=O) groups excluding carboxylic acids is 1. The summed E-state index contributed by atoms with van der Waals surface area (Å²) in [6, 6.07) is 9.32. The molecule has 0 aromatic heterocycles. The van der Waals surface area contributed by atoms with Crippen molar-refractivity contribution in [2.24, 2.45) is 5.73 Å². The third kappa shape index (κ3) is 2.94. The van der Waals surface area contributed by atoms with Gasteiger partial charge in [0, 0.05) is 6.54 Å². The van der Waals surface area contributed by atoms with Crippen LogP contribution in [-0.4, -0.2) is 12.5 Å². The van der Waals surface area contributed by atoms with Crippen molar-refractivity contribution in [3.05, 3.63) is 48.0 Å². The first-order valence-electron chi connectivity index (χ1n) is 5.21. The van der Waals surface area contributed by atoms with Crippen molar-refractivity contribution >= 4 is 5.91 Å². The first kappa shape index (κ1) is 12.5. The van der Waals surface area contributed by atoms with Crippen LogP contribution in [0.1, 0.15) is 19.4 Å². The molecule has 0 aliphatic heterocycles. The topological polar surface area (TPSA) is 55.1 Å². The third-order valence-corrected chi connectivity index (χ3v) is 2.40. The summed E-state index contributed by atoms with van der Waals surface area (Å²) >= 11 is 0. The van der Waals surface area contributed by atoms with Crippen LogP contribution in [0.4, 0.5) is 0 Å². The highest BCUT2D eigenvalue weighted by molar-refractivity contribution is 5.87. The Bertz CT molecular complexity index is 382. The van der Waals surface area contributed by atoms with Crippen molar-refractivity contribution in [2.75, 3.05) is 6.54 Å². The highest BCUT2D eigenvalue weighted by Crippen LogP contribution is 2.17. The molecule has 3 nitrogen and oxygen atoms in total. The maximum Gasteiger partial charge on any atom is 0.244 e. The van der Waals surface area contributed by atoms with Gasteiger partial charge in [-0.3, -0.25) is 4.79 Å². The van der Waals surface area contributed by atoms with Gasteiger partial charge in [0.2, 0.25) is 5.91 Å². The van der Waals surface area contributed by atoms with Crippen LogP contribution >= 0.6 is 0 Å². The minimum Gasteiger partial charge on any atom is -0.350 e. The number of hydrogen-bond acceptors (Lipinski definition) is 2. The molecule has 1 aromatic rings. The molecular weight excluding hydrogens is 200 g/mol. The van der Waals surface area contributed by atoms with E-state index in [0.29, 0.717) is 6.54 Å². The molecule has 1 aromatic carbocycles. The predicted molar refractivity (Wildman–Crippen MR) is 65.8 cm³/mol. The predicted octanol–water partition coefficient (Wildman–Crippen LogP) is 1.55. The van der Waals surface area contributed by atoms with E-state index in [1.807, 2.05) is 37.3 Å². The van der Waals surface area contributed by atoms with E-state index < -0.39 is 5.54 Å². The molecule has 0 radical (unpaired) electrons. The molecule has 0 bridgehead atoms. The quantitative estimate of drug-likeness (QED) is 0.753. The second-order valence-corrected chi connectivity index (χ2v) is 4.21. The standard InChI is InChI=1S/C13H18N2O/c1-10(2)9-15-12(16)13(3,14)11-7-5-4-6-8-11/h4-8H,1,9,14H2,2-3H3,(H,15,16). The van der Waals surface area contributed by atoms with Gasteiger partial charge < -0.3 is 11.1 Å². The zero-order valence-electron chi connectivity index (χ0n) is 9.79. The number of nitrogens with one attached hydrogen (secondary N) is 1. The van der Waals surface area contributed by atoms with Crippen LogP contribution in [0.5, 0.6) is 0 Å². The lowest BCUT2D eigenvalue weighted by Crippen LogP contribution is -2.49. The van der Waals surface area contributed by atoms with Gasteiger partial charge in [0.1, 0.15) is 5.54 Å². The zero-order chi connectivity index (χ0) is 12.2. The minimum atomic E-state index is -1.00. The minimum absolute atomic E-state index is 0.193. The van der Waals surface area contributed by atoms with Gasteiger partial charge in [-0.15, -0.1) is 0 Å². The van der Waals surface area contributed by atoms with Gasteiger partial charge in [-0.05, 0) is 19.4 Å². The summed E-state index contributed by atoms with van der Waals surface area (Å²) in [7, 11) is 0. The van der Waals surface area contributed by atoms with Gasteiger partial charge >= 0.3 is 0 Å². The average molecular weight is 218 g/mol. The second-order valence-electron chi connectivity index (χ2n) is 4.21. The monoisotopic (exact) mass is 218 g/mol. The van der Waals surface area contributed by atoms with Gasteiger partial charge in [-0.2, -0.15) is 0 Å². The molecule has 0 saturated carbocycles. The second kappa shape index (κ2) is 4.94. The summed E-state index contributed by atoms with van der Waals surface area (Å²) in [5, 5.41) is 2.76. The number of rotatable bonds is 4. The molecule has 1 unspecified atom stereocenters. The zero-order valence-corrected chi connectivity index (χ0v) is 9.79. The van der Waals surface area contributed by atoms with E-state index >= 15 is 0 Å². The summed E-state index contributed by atoms with van der Waals surface area (Å²) in [6.45, 7) is 7.75. The maximum atomic E-state index is 11.9. The SMILES string of the molecule is C=C(C)CNC(=O)C(C)(N)c1ccccc1. The van der Waals surface area contributed by atoms with E-state index in [1.165, 1.54) is 0 Å². The molecule has 0 aliphatic rings. The van der Waals surface area contributed by atoms with E-state index in [9.17, 15) is 4.79 Å². The molecule has 0 fully saturated rings. The number of nitrogens with two attached hydrogens (primary N) is 1. The fraction of sp³-hybridized carbons (Fsp3) is 0.308. The Hall–Kier alpha value is -1.61. The number of amides is 1. The Morgan fingerprint density at radius 3 is 2.50 bits per heavy atom. The third-order valence-electron chi connectivity index (χ3n) is 2.40. The van der Waals surface area contributed by atoms with E-state index in [2.05, 4.69) is 11.9 Å². The van der Waals surface area contributed by atoms with Gasteiger partial charge in [0.25, 0.3) is 0 Å². The lowest BCUT2D eigenvalue weighted by atomic mass is 9.92. The number of carbonyl (C=O) groups is 1. The molecule has 0 saturated heterocycles. The fourth-order valence-corrected chi connectivity index (χ4v) is 1.33. The first-order chi connectivity index (χ1) is 7.44. The molecule has 1 atom stereocenters.